The zero-order valence-electron chi connectivity index (χ0n) is 10.5. The molecule has 0 aliphatic carbocycles. The van der Waals surface area contributed by atoms with E-state index in [4.69, 9.17) is 11.5 Å². The maximum Gasteiger partial charge on any atom is 0.250 e. The van der Waals surface area contributed by atoms with E-state index >= 15 is 0 Å². The Kier molecular flexibility index (Phi) is 3.63. The Labute approximate surface area is 121 Å². The van der Waals surface area contributed by atoms with Gasteiger partial charge >= 0.3 is 0 Å². The third-order valence-corrected chi connectivity index (χ3v) is 2.96. The average molecular weight is 289 g/mol. The summed E-state index contributed by atoms with van der Waals surface area (Å²) in [6.45, 7) is 0. The lowest BCUT2D eigenvalue weighted by Gasteiger charge is -2.00. The maximum atomic E-state index is 11.4. The van der Waals surface area contributed by atoms with Crippen molar-refractivity contribution < 1.29 is 4.79 Å². The molecule has 20 heavy (non-hydrogen) atoms. The van der Waals surface area contributed by atoms with Crippen molar-refractivity contribution >= 4 is 34.9 Å². The van der Waals surface area contributed by atoms with E-state index in [1.165, 1.54) is 0 Å². The minimum atomic E-state index is -0.479. The van der Waals surface area contributed by atoms with Crippen LogP contribution in [0.4, 0.5) is 5.69 Å². The number of hydrogen-bond acceptors (Lipinski definition) is 3. The lowest BCUT2D eigenvalue weighted by atomic mass is 10.1. The molecule has 1 heterocycles. The van der Waals surface area contributed by atoms with E-state index in [2.05, 4.69) is 5.10 Å². The van der Waals surface area contributed by atoms with Crippen LogP contribution in [0.1, 0.15) is 10.4 Å². The molecule has 0 aliphatic rings. The number of aromatic nitrogens is 2. The van der Waals surface area contributed by atoms with Crippen LogP contribution in [0, 0.1) is 0 Å². The molecule has 1 amide bonds. The molecule has 0 radical (unpaired) electrons. The average Bonchev–Trinajstić information content (AvgIpc) is 2.82. The lowest BCUT2D eigenvalue weighted by molar-refractivity contribution is 0.100. The van der Waals surface area contributed by atoms with Crippen molar-refractivity contribution in [3.63, 3.8) is 0 Å². The van der Waals surface area contributed by atoms with Gasteiger partial charge in [0, 0.05) is 17.3 Å². The van der Waals surface area contributed by atoms with Crippen LogP contribution in [0.5, 0.6) is 0 Å². The van der Waals surface area contributed by atoms with Crippen molar-refractivity contribution in [3.8, 4) is 5.69 Å². The van der Waals surface area contributed by atoms with Gasteiger partial charge in [-0.05, 0) is 30.3 Å². The Morgan fingerprint density at radius 2 is 1.80 bits per heavy atom. The molecule has 0 saturated carbocycles. The zero-order valence-corrected chi connectivity index (χ0v) is 11.3. The molecule has 5 nitrogen and oxygen atoms in total. The highest BCUT2D eigenvalue weighted by atomic mass is 35.5. The van der Waals surface area contributed by atoms with Crippen molar-refractivity contribution in [2.75, 3.05) is 5.73 Å². The second-order valence-electron chi connectivity index (χ2n) is 4.27. The fourth-order valence-electron chi connectivity index (χ4n) is 2.00. The molecule has 0 bridgehead atoms. The molecule has 0 aliphatic heterocycles. The highest BCUT2D eigenvalue weighted by Gasteiger charge is 2.10. The van der Waals surface area contributed by atoms with Gasteiger partial charge in [-0.3, -0.25) is 4.79 Å². The van der Waals surface area contributed by atoms with Crippen LogP contribution >= 0.6 is 12.4 Å². The zero-order chi connectivity index (χ0) is 13.4. The van der Waals surface area contributed by atoms with Gasteiger partial charge < -0.3 is 11.5 Å². The number of fused-ring (bicyclic) bond motifs is 1. The molecule has 1 aromatic heterocycles. The third kappa shape index (κ3) is 2.31. The molecule has 0 fully saturated rings. The number of nitrogens with zero attached hydrogens (tertiary/aromatic N) is 2. The molecule has 4 N–H and O–H groups in total. The maximum absolute atomic E-state index is 11.4. The van der Waals surface area contributed by atoms with E-state index in [1.54, 1.807) is 28.9 Å². The number of halogens is 1. The second-order valence-corrected chi connectivity index (χ2v) is 4.27. The van der Waals surface area contributed by atoms with E-state index in [1.807, 2.05) is 24.4 Å². The molecule has 0 spiro atoms. The van der Waals surface area contributed by atoms with Crippen LogP contribution in [0.3, 0.4) is 0 Å². The summed E-state index contributed by atoms with van der Waals surface area (Å²) in [5, 5.41) is 5.28. The van der Waals surface area contributed by atoms with Gasteiger partial charge in [0.2, 0.25) is 0 Å². The highest BCUT2D eigenvalue weighted by molar-refractivity contribution is 6.04. The fraction of sp³-hybridized carbons (Fsp3) is 0. The summed E-state index contributed by atoms with van der Waals surface area (Å²) in [6, 6.07) is 12.7. The molecule has 3 rings (SSSR count). The first-order valence-corrected chi connectivity index (χ1v) is 5.79. The smallest absolute Gasteiger partial charge is 0.250 e. The molecule has 3 aromatic rings. The number of benzene rings is 2. The van der Waals surface area contributed by atoms with E-state index < -0.39 is 5.91 Å². The standard InChI is InChI=1S/C14H12N4O.ClH/c15-10-4-6-11(7-5-10)18-8-9-2-1-3-12(14(16)19)13(9)17-18;/h1-8H,15H2,(H2,16,19);1H. The van der Waals surface area contributed by atoms with E-state index in [0.717, 1.165) is 11.1 Å². The van der Waals surface area contributed by atoms with Crippen LogP contribution in [-0.4, -0.2) is 15.7 Å². The van der Waals surface area contributed by atoms with E-state index in [-0.39, 0.29) is 12.4 Å². The second kappa shape index (κ2) is 5.22. The Balaban J connectivity index is 0.00000147. The van der Waals surface area contributed by atoms with E-state index in [0.29, 0.717) is 16.8 Å². The minimum Gasteiger partial charge on any atom is -0.399 e. The molecular formula is C14H13ClN4O. The quantitative estimate of drug-likeness (QED) is 0.708. The predicted molar refractivity (Wildman–Crippen MR) is 81.2 cm³/mol. The summed E-state index contributed by atoms with van der Waals surface area (Å²) in [6.07, 6.45) is 1.85. The number of primary amides is 1. The SMILES string of the molecule is Cl.NC(=O)c1cccc2cn(-c3ccc(N)cc3)nc12. The predicted octanol–water partition coefficient (Wildman–Crippen LogP) is 2.13. The molecule has 0 atom stereocenters. The number of carbonyl (C=O) groups is 1. The first-order chi connectivity index (χ1) is 9.15. The first kappa shape index (κ1) is 13.9. The van der Waals surface area contributed by atoms with Crippen molar-refractivity contribution in [2.24, 2.45) is 5.73 Å². The normalized spacial score (nSPS) is 10.2. The molecule has 102 valence electrons. The number of nitrogen functional groups attached to an aromatic ring is 1. The van der Waals surface area contributed by atoms with Crippen molar-refractivity contribution in [3.05, 3.63) is 54.2 Å². The van der Waals surface area contributed by atoms with Gasteiger partial charge in [-0.25, -0.2) is 4.68 Å². The van der Waals surface area contributed by atoms with Gasteiger partial charge in [0.15, 0.2) is 0 Å². The number of anilines is 1. The van der Waals surface area contributed by atoms with Crippen LogP contribution < -0.4 is 11.5 Å². The molecule has 2 aromatic carbocycles. The minimum absolute atomic E-state index is 0. The Morgan fingerprint density at radius 1 is 1.10 bits per heavy atom. The molecule has 6 heteroatoms. The summed E-state index contributed by atoms with van der Waals surface area (Å²) in [5.74, 6) is -0.479. The van der Waals surface area contributed by atoms with Gasteiger partial charge in [0.1, 0.15) is 5.52 Å². The summed E-state index contributed by atoms with van der Waals surface area (Å²) >= 11 is 0. The van der Waals surface area contributed by atoms with Gasteiger partial charge in [-0.2, -0.15) is 5.10 Å². The summed E-state index contributed by atoms with van der Waals surface area (Å²) in [7, 11) is 0. The highest BCUT2D eigenvalue weighted by Crippen LogP contribution is 2.19. The Bertz CT molecular complexity index is 764. The van der Waals surface area contributed by atoms with Gasteiger partial charge in [-0.1, -0.05) is 12.1 Å². The summed E-state index contributed by atoms with van der Waals surface area (Å²) in [5.41, 5.74) is 13.6. The molecule has 0 unspecified atom stereocenters. The van der Waals surface area contributed by atoms with Crippen molar-refractivity contribution in [1.29, 1.82) is 0 Å². The third-order valence-electron chi connectivity index (χ3n) is 2.96. The molecule has 0 saturated heterocycles. The number of rotatable bonds is 2. The van der Waals surface area contributed by atoms with Crippen LogP contribution in [0.2, 0.25) is 0 Å². The van der Waals surface area contributed by atoms with Gasteiger partial charge in [0.05, 0.1) is 11.3 Å². The van der Waals surface area contributed by atoms with E-state index in [9.17, 15) is 4.79 Å². The number of nitrogens with two attached hydrogens (primary N) is 2. The summed E-state index contributed by atoms with van der Waals surface area (Å²) in [4.78, 5) is 11.4. The van der Waals surface area contributed by atoms with Crippen LogP contribution in [0.25, 0.3) is 16.6 Å². The van der Waals surface area contributed by atoms with Crippen LogP contribution in [-0.2, 0) is 0 Å². The Hall–Kier alpha value is -2.53. The number of amides is 1. The monoisotopic (exact) mass is 288 g/mol. The number of hydrogen-bond donors (Lipinski definition) is 2. The van der Waals surface area contributed by atoms with Gasteiger partial charge in [-0.15, -0.1) is 12.4 Å². The molecular weight excluding hydrogens is 276 g/mol. The lowest BCUT2D eigenvalue weighted by Crippen LogP contribution is -2.11. The fourth-order valence-corrected chi connectivity index (χ4v) is 2.00. The largest absolute Gasteiger partial charge is 0.399 e. The van der Waals surface area contributed by atoms with Crippen molar-refractivity contribution in [1.82, 2.24) is 9.78 Å². The topological polar surface area (TPSA) is 86.9 Å². The summed E-state index contributed by atoms with van der Waals surface area (Å²) < 4.78 is 1.70. The Morgan fingerprint density at radius 3 is 2.45 bits per heavy atom. The van der Waals surface area contributed by atoms with Gasteiger partial charge in [0.25, 0.3) is 5.91 Å². The first-order valence-electron chi connectivity index (χ1n) is 5.79. The van der Waals surface area contributed by atoms with Crippen molar-refractivity contribution in [2.45, 2.75) is 0 Å². The number of carbonyl (C=O) groups excluding carboxylic acids is 1. The van der Waals surface area contributed by atoms with Crippen LogP contribution in [0.15, 0.2) is 48.7 Å².